The van der Waals surface area contributed by atoms with Gasteiger partial charge in [0.05, 0.1) is 26.6 Å². The fourth-order valence-electron chi connectivity index (χ4n) is 0.787. The molecular weight excluding hydrogens is 266 g/mol. The Labute approximate surface area is 102 Å². The minimum Gasteiger partial charge on any atom is -0.386 e. The van der Waals surface area contributed by atoms with Crippen LogP contribution >= 0.6 is 46.4 Å². The second-order valence-corrected chi connectivity index (χ2v) is 3.86. The smallest absolute Gasteiger partial charge is 0.115 e. The normalized spacial score (nSPS) is 11.9. The van der Waals surface area contributed by atoms with E-state index >= 15 is 0 Å². The molecular formula is C8H6Cl4N2. The summed E-state index contributed by atoms with van der Waals surface area (Å²) in [7, 11) is 0. The number of nitrogens with zero attached hydrogens (tertiary/aromatic N) is 1. The van der Waals surface area contributed by atoms with Crippen LogP contribution in [0.25, 0.3) is 0 Å². The molecule has 0 spiro atoms. The first-order valence-electron chi connectivity index (χ1n) is 3.58. The van der Waals surface area contributed by atoms with Gasteiger partial charge in [-0.15, -0.1) is 11.6 Å². The van der Waals surface area contributed by atoms with Crippen molar-refractivity contribution in [2.75, 3.05) is 5.88 Å². The lowest BCUT2D eigenvalue weighted by molar-refractivity contribution is 1.45. The van der Waals surface area contributed by atoms with Crippen LogP contribution in [-0.4, -0.2) is 11.7 Å². The number of benzene rings is 1. The largest absolute Gasteiger partial charge is 0.386 e. The van der Waals surface area contributed by atoms with Gasteiger partial charge in [-0.05, 0) is 12.1 Å². The van der Waals surface area contributed by atoms with E-state index < -0.39 is 0 Å². The van der Waals surface area contributed by atoms with Crippen molar-refractivity contribution in [2.45, 2.75) is 0 Å². The summed E-state index contributed by atoms with van der Waals surface area (Å²) in [6, 6.07) is 3.21. The molecule has 0 aliphatic heterocycles. The minimum atomic E-state index is 0.135. The summed E-state index contributed by atoms with van der Waals surface area (Å²) in [5.41, 5.74) is 5.90. The number of amidine groups is 1. The quantitative estimate of drug-likeness (QED) is 0.377. The van der Waals surface area contributed by atoms with E-state index in [1.165, 1.54) is 0 Å². The van der Waals surface area contributed by atoms with Gasteiger partial charge in [-0.1, -0.05) is 34.8 Å². The van der Waals surface area contributed by atoms with Gasteiger partial charge < -0.3 is 5.73 Å². The van der Waals surface area contributed by atoms with E-state index in [9.17, 15) is 0 Å². The van der Waals surface area contributed by atoms with Crippen molar-refractivity contribution in [3.05, 3.63) is 27.2 Å². The van der Waals surface area contributed by atoms with Crippen LogP contribution in [0.15, 0.2) is 17.1 Å². The van der Waals surface area contributed by atoms with E-state index in [1.54, 1.807) is 12.1 Å². The molecule has 0 aliphatic carbocycles. The average Bonchev–Trinajstić information content (AvgIpc) is 2.19. The van der Waals surface area contributed by atoms with Gasteiger partial charge in [-0.3, -0.25) is 0 Å². The van der Waals surface area contributed by atoms with E-state index in [1.807, 2.05) is 0 Å². The number of alkyl halides is 1. The van der Waals surface area contributed by atoms with Crippen molar-refractivity contribution < 1.29 is 0 Å². The maximum Gasteiger partial charge on any atom is 0.115 e. The second-order valence-electron chi connectivity index (χ2n) is 2.43. The molecule has 1 rings (SSSR count). The van der Waals surface area contributed by atoms with Crippen LogP contribution in [0, 0.1) is 0 Å². The molecule has 0 radical (unpaired) electrons. The number of hydrogen-bond donors (Lipinski definition) is 1. The SMILES string of the molecule is NC(CCl)=Nc1ccc(Cl)c(Cl)c1Cl. The van der Waals surface area contributed by atoms with Crippen molar-refractivity contribution in [2.24, 2.45) is 10.7 Å². The zero-order valence-corrected chi connectivity index (χ0v) is 9.92. The maximum atomic E-state index is 5.88. The standard InChI is InChI=1S/C8H6Cl4N2/c9-3-6(13)14-5-2-1-4(10)7(11)8(5)12/h1-2H,3H2,(H2,13,14). The molecule has 76 valence electrons. The number of hydrogen-bond acceptors (Lipinski definition) is 1. The first-order chi connectivity index (χ1) is 6.56. The molecule has 1 aromatic rings. The molecule has 0 amide bonds. The van der Waals surface area contributed by atoms with Crippen LogP contribution in [0.1, 0.15) is 0 Å². The lowest BCUT2D eigenvalue weighted by Gasteiger charge is -2.03. The van der Waals surface area contributed by atoms with Crippen LogP contribution in [0.3, 0.4) is 0 Å². The highest BCUT2D eigenvalue weighted by Crippen LogP contribution is 2.37. The predicted molar refractivity (Wildman–Crippen MR) is 63.5 cm³/mol. The lowest BCUT2D eigenvalue weighted by atomic mass is 10.3. The summed E-state index contributed by atoms with van der Waals surface area (Å²) < 4.78 is 0. The molecule has 0 saturated heterocycles. The summed E-state index contributed by atoms with van der Waals surface area (Å²) in [5, 5.41) is 0.907. The van der Waals surface area contributed by atoms with Gasteiger partial charge in [-0.25, -0.2) is 4.99 Å². The van der Waals surface area contributed by atoms with E-state index in [4.69, 9.17) is 52.1 Å². The molecule has 2 nitrogen and oxygen atoms in total. The van der Waals surface area contributed by atoms with Crippen LogP contribution in [0.4, 0.5) is 5.69 Å². The topological polar surface area (TPSA) is 38.4 Å². The van der Waals surface area contributed by atoms with Gasteiger partial charge in [0.2, 0.25) is 0 Å². The van der Waals surface area contributed by atoms with Gasteiger partial charge in [0.1, 0.15) is 5.84 Å². The monoisotopic (exact) mass is 270 g/mol. The molecule has 0 saturated carbocycles. The van der Waals surface area contributed by atoms with E-state index in [2.05, 4.69) is 4.99 Å². The van der Waals surface area contributed by atoms with Gasteiger partial charge >= 0.3 is 0 Å². The summed E-state index contributed by atoms with van der Waals surface area (Å²) >= 11 is 22.9. The molecule has 0 bridgehead atoms. The first-order valence-corrected chi connectivity index (χ1v) is 5.25. The van der Waals surface area contributed by atoms with Crippen molar-refractivity contribution in [3.8, 4) is 0 Å². The molecule has 0 aliphatic rings. The third-order valence-electron chi connectivity index (χ3n) is 1.42. The summed E-state index contributed by atoms with van der Waals surface area (Å²) in [6.07, 6.45) is 0. The predicted octanol–water partition coefficient (Wildman–Crippen LogP) is 3.87. The molecule has 1 aromatic carbocycles. The van der Waals surface area contributed by atoms with Crippen molar-refractivity contribution >= 4 is 57.9 Å². The average molecular weight is 272 g/mol. The Kier molecular flexibility index (Phi) is 4.32. The molecule has 0 atom stereocenters. The third-order valence-corrected chi connectivity index (χ3v) is 2.97. The molecule has 0 unspecified atom stereocenters. The molecule has 0 fully saturated rings. The number of rotatable bonds is 2. The Morgan fingerprint density at radius 1 is 1.21 bits per heavy atom. The number of nitrogens with two attached hydrogens (primary N) is 1. The first kappa shape index (κ1) is 11.9. The fraction of sp³-hybridized carbons (Fsp3) is 0.125. The van der Waals surface area contributed by atoms with Crippen molar-refractivity contribution in [1.82, 2.24) is 0 Å². The maximum absolute atomic E-state index is 5.88. The molecule has 2 N–H and O–H groups in total. The van der Waals surface area contributed by atoms with Crippen molar-refractivity contribution in [3.63, 3.8) is 0 Å². The zero-order valence-electron chi connectivity index (χ0n) is 6.90. The Morgan fingerprint density at radius 3 is 2.43 bits per heavy atom. The van der Waals surface area contributed by atoms with Crippen molar-refractivity contribution in [1.29, 1.82) is 0 Å². The van der Waals surface area contributed by atoms with Gasteiger partial charge in [0.25, 0.3) is 0 Å². The van der Waals surface area contributed by atoms with E-state index in [0.29, 0.717) is 10.7 Å². The second kappa shape index (κ2) is 5.08. The molecule has 6 heteroatoms. The van der Waals surface area contributed by atoms with Crippen LogP contribution < -0.4 is 5.73 Å². The van der Waals surface area contributed by atoms with Crippen LogP contribution in [-0.2, 0) is 0 Å². The highest BCUT2D eigenvalue weighted by molar-refractivity contribution is 6.49. The Bertz CT molecular complexity index is 376. The van der Waals surface area contributed by atoms with Gasteiger partial charge in [0.15, 0.2) is 0 Å². The summed E-state index contributed by atoms with van der Waals surface area (Å²) in [6.45, 7) is 0. The Balaban J connectivity index is 3.18. The summed E-state index contributed by atoms with van der Waals surface area (Å²) in [5.74, 6) is 0.406. The van der Waals surface area contributed by atoms with Crippen LogP contribution in [0.5, 0.6) is 0 Å². The highest BCUT2D eigenvalue weighted by Gasteiger charge is 2.07. The number of halogens is 4. The number of aliphatic imine (C=N–C) groups is 1. The lowest BCUT2D eigenvalue weighted by Crippen LogP contribution is -2.12. The molecule has 14 heavy (non-hydrogen) atoms. The van der Waals surface area contributed by atoms with Crippen LogP contribution in [0.2, 0.25) is 15.1 Å². The minimum absolute atomic E-state index is 0.135. The molecule has 0 heterocycles. The Morgan fingerprint density at radius 2 is 1.86 bits per heavy atom. The van der Waals surface area contributed by atoms with E-state index in [0.717, 1.165) is 0 Å². The fourth-order valence-corrected chi connectivity index (χ4v) is 1.42. The third kappa shape index (κ3) is 2.67. The van der Waals surface area contributed by atoms with Gasteiger partial charge in [0, 0.05) is 0 Å². The highest BCUT2D eigenvalue weighted by atomic mass is 35.5. The zero-order chi connectivity index (χ0) is 10.7. The van der Waals surface area contributed by atoms with E-state index in [-0.39, 0.29) is 21.8 Å². The molecule has 0 aromatic heterocycles. The summed E-state index contributed by atoms with van der Waals surface area (Å²) in [4.78, 5) is 3.97. The van der Waals surface area contributed by atoms with Gasteiger partial charge in [-0.2, -0.15) is 0 Å². The Hall–Kier alpha value is -0.150.